The van der Waals surface area contributed by atoms with Crippen LogP contribution in [0.15, 0.2) is 18.3 Å². The Hall–Kier alpha value is -1.06. The van der Waals surface area contributed by atoms with E-state index in [2.05, 4.69) is 9.97 Å². The lowest BCUT2D eigenvalue weighted by Crippen LogP contribution is -1.94. The normalized spacial score (nSPS) is 11.0. The summed E-state index contributed by atoms with van der Waals surface area (Å²) in [7, 11) is 0. The van der Waals surface area contributed by atoms with Crippen molar-refractivity contribution in [2.75, 3.05) is 6.61 Å². The number of aryl methyl sites for hydroxylation is 1. The summed E-state index contributed by atoms with van der Waals surface area (Å²) in [4.78, 5) is 7.40. The third-order valence-electron chi connectivity index (χ3n) is 2.13. The van der Waals surface area contributed by atoms with Crippen LogP contribution in [-0.2, 0) is 6.42 Å². The second-order valence-corrected chi connectivity index (χ2v) is 3.57. The predicted molar refractivity (Wildman–Crippen MR) is 56.5 cm³/mol. The zero-order chi connectivity index (χ0) is 9.97. The molecule has 0 aliphatic rings. The van der Waals surface area contributed by atoms with E-state index in [-0.39, 0.29) is 6.61 Å². The summed E-state index contributed by atoms with van der Waals surface area (Å²) in [5.41, 5.74) is 1.69. The van der Waals surface area contributed by atoms with Crippen LogP contribution in [0.25, 0.3) is 11.0 Å². The molecule has 0 unspecified atom stereocenters. The first-order valence-corrected chi connectivity index (χ1v) is 4.92. The standard InChI is InChI=1S/C10H11ClN2O/c11-8-6-7-3-4-12-10(7)13-9(8)2-1-5-14/h3-4,6,14H,1-2,5H2,(H,12,13). The molecule has 3 nitrogen and oxygen atoms in total. The predicted octanol–water partition coefficient (Wildman–Crippen LogP) is 2.14. The van der Waals surface area contributed by atoms with Gasteiger partial charge >= 0.3 is 0 Å². The molecule has 2 rings (SSSR count). The number of aromatic nitrogens is 2. The third kappa shape index (κ3) is 1.74. The van der Waals surface area contributed by atoms with Crippen molar-refractivity contribution < 1.29 is 5.11 Å². The first-order valence-electron chi connectivity index (χ1n) is 4.54. The molecule has 0 radical (unpaired) electrons. The molecule has 2 N–H and O–H groups in total. The molecule has 74 valence electrons. The number of aromatic amines is 1. The molecule has 2 aromatic rings. The van der Waals surface area contributed by atoms with Crippen LogP contribution in [0.2, 0.25) is 5.02 Å². The minimum atomic E-state index is 0.167. The minimum Gasteiger partial charge on any atom is -0.396 e. The highest BCUT2D eigenvalue weighted by Gasteiger charge is 2.04. The maximum absolute atomic E-state index is 8.71. The number of hydrogen-bond acceptors (Lipinski definition) is 2. The summed E-state index contributed by atoms with van der Waals surface area (Å²) in [5.74, 6) is 0. The van der Waals surface area contributed by atoms with Gasteiger partial charge in [0.15, 0.2) is 0 Å². The van der Waals surface area contributed by atoms with Gasteiger partial charge in [-0.3, -0.25) is 0 Å². The molecule has 14 heavy (non-hydrogen) atoms. The number of aliphatic hydroxyl groups is 1. The summed E-state index contributed by atoms with van der Waals surface area (Å²) >= 11 is 6.04. The van der Waals surface area contributed by atoms with Gasteiger partial charge < -0.3 is 10.1 Å². The lowest BCUT2D eigenvalue weighted by molar-refractivity contribution is 0.288. The van der Waals surface area contributed by atoms with Gasteiger partial charge in [-0.05, 0) is 25.0 Å². The maximum atomic E-state index is 8.71. The number of nitrogens with one attached hydrogen (secondary N) is 1. The fourth-order valence-corrected chi connectivity index (χ4v) is 1.67. The van der Waals surface area contributed by atoms with Crippen LogP contribution < -0.4 is 0 Å². The topological polar surface area (TPSA) is 48.9 Å². The van der Waals surface area contributed by atoms with E-state index < -0.39 is 0 Å². The number of aliphatic hydroxyl groups excluding tert-OH is 1. The highest BCUT2D eigenvalue weighted by atomic mass is 35.5. The minimum absolute atomic E-state index is 0.167. The molecule has 0 aromatic carbocycles. The number of fused-ring (bicyclic) bond motifs is 1. The first-order chi connectivity index (χ1) is 6.81. The Morgan fingerprint density at radius 3 is 3.14 bits per heavy atom. The van der Waals surface area contributed by atoms with Crippen LogP contribution in [0.5, 0.6) is 0 Å². The van der Waals surface area contributed by atoms with E-state index in [1.165, 1.54) is 0 Å². The third-order valence-corrected chi connectivity index (χ3v) is 2.46. The SMILES string of the molecule is OCCCc1nc2[nH]ccc2cc1Cl. The molecular weight excluding hydrogens is 200 g/mol. The van der Waals surface area contributed by atoms with Crippen LogP contribution in [0, 0.1) is 0 Å². The van der Waals surface area contributed by atoms with Gasteiger partial charge in [-0.1, -0.05) is 11.6 Å². The molecule has 0 atom stereocenters. The van der Waals surface area contributed by atoms with E-state index in [0.717, 1.165) is 16.7 Å². The maximum Gasteiger partial charge on any atom is 0.137 e. The van der Waals surface area contributed by atoms with Crippen molar-refractivity contribution in [1.29, 1.82) is 0 Å². The molecule has 0 saturated carbocycles. The number of hydrogen-bond donors (Lipinski definition) is 2. The van der Waals surface area contributed by atoms with Gasteiger partial charge in [0.1, 0.15) is 5.65 Å². The Morgan fingerprint density at radius 1 is 1.50 bits per heavy atom. The molecule has 0 amide bonds. The molecule has 0 fully saturated rings. The molecule has 2 heterocycles. The van der Waals surface area contributed by atoms with Gasteiger partial charge in [0, 0.05) is 18.2 Å². The lowest BCUT2D eigenvalue weighted by atomic mass is 10.2. The van der Waals surface area contributed by atoms with E-state index in [1.807, 2.05) is 18.3 Å². The number of H-pyrrole nitrogens is 1. The van der Waals surface area contributed by atoms with Gasteiger partial charge in [0.2, 0.25) is 0 Å². The largest absolute Gasteiger partial charge is 0.396 e. The van der Waals surface area contributed by atoms with Crippen LogP contribution >= 0.6 is 11.6 Å². The second kappa shape index (κ2) is 3.98. The van der Waals surface area contributed by atoms with Crippen molar-refractivity contribution in [2.45, 2.75) is 12.8 Å². The van der Waals surface area contributed by atoms with Crippen LogP contribution in [0.4, 0.5) is 0 Å². The summed E-state index contributed by atoms with van der Waals surface area (Å²) in [6.07, 6.45) is 3.24. The Labute approximate surface area is 86.7 Å². The van der Waals surface area contributed by atoms with Crippen molar-refractivity contribution in [3.63, 3.8) is 0 Å². The van der Waals surface area contributed by atoms with E-state index in [0.29, 0.717) is 17.9 Å². The molecule has 0 aliphatic heterocycles. The molecule has 0 spiro atoms. The molecule has 4 heteroatoms. The monoisotopic (exact) mass is 210 g/mol. The number of pyridine rings is 1. The smallest absolute Gasteiger partial charge is 0.137 e. The van der Waals surface area contributed by atoms with Gasteiger partial charge in [-0.25, -0.2) is 4.98 Å². The highest BCUT2D eigenvalue weighted by molar-refractivity contribution is 6.31. The second-order valence-electron chi connectivity index (χ2n) is 3.16. The number of halogens is 1. The summed E-state index contributed by atoms with van der Waals surface area (Å²) in [5, 5.41) is 10.4. The van der Waals surface area contributed by atoms with Crippen molar-refractivity contribution in [3.05, 3.63) is 29.0 Å². The lowest BCUT2D eigenvalue weighted by Gasteiger charge is -2.02. The van der Waals surface area contributed by atoms with Gasteiger partial charge in [-0.15, -0.1) is 0 Å². The Morgan fingerprint density at radius 2 is 2.36 bits per heavy atom. The molecular formula is C10H11ClN2O. The van der Waals surface area contributed by atoms with Crippen LogP contribution in [0.1, 0.15) is 12.1 Å². The Balaban J connectivity index is 2.38. The van der Waals surface area contributed by atoms with E-state index in [4.69, 9.17) is 16.7 Å². The fourth-order valence-electron chi connectivity index (χ4n) is 1.42. The molecule has 0 saturated heterocycles. The Bertz CT molecular complexity index is 439. The zero-order valence-electron chi connectivity index (χ0n) is 7.63. The molecule has 2 aromatic heterocycles. The van der Waals surface area contributed by atoms with Crippen LogP contribution in [-0.4, -0.2) is 21.7 Å². The average Bonchev–Trinajstić information content (AvgIpc) is 2.61. The zero-order valence-corrected chi connectivity index (χ0v) is 8.38. The fraction of sp³-hybridized carbons (Fsp3) is 0.300. The summed E-state index contributed by atoms with van der Waals surface area (Å²) in [6, 6.07) is 3.83. The molecule has 0 bridgehead atoms. The quantitative estimate of drug-likeness (QED) is 0.816. The molecule has 0 aliphatic carbocycles. The first kappa shape index (κ1) is 9.49. The van der Waals surface area contributed by atoms with Gasteiger partial charge in [0.05, 0.1) is 10.7 Å². The number of nitrogens with zero attached hydrogens (tertiary/aromatic N) is 1. The van der Waals surface area contributed by atoms with E-state index in [1.54, 1.807) is 0 Å². The van der Waals surface area contributed by atoms with Crippen molar-refractivity contribution in [3.8, 4) is 0 Å². The summed E-state index contributed by atoms with van der Waals surface area (Å²) in [6.45, 7) is 0.167. The van der Waals surface area contributed by atoms with Crippen molar-refractivity contribution >= 4 is 22.6 Å². The van der Waals surface area contributed by atoms with Gasteiger partial charge in [-0.2, -0.15) is 0 Å². The highest BCUT2D eigenvalue weighted by Crippen LogP contribution is 2.20. The van der Waals surface area contributed by atoms with E-state index in [9.17, 15) is 0 Å². The van der Waals surface area contributed by atoms with E-state index >= 15 is 0 Å². The summed E-state index contributed by atoms with van der Waals surface area (Å²) < 4.78 is 0. The Kier molecular flexibility index (Phi) is 2.70. The average molecular weight is 211 g/mol. The van der Waals surface area contributed by atoms with Crippen LogP contribution in [0.3, 0.4) is 0 Å². The van der Waals surface area contributed by atoms with Crippen molar-refractivity contribution in [2.24, 2.45) is 0 Å². The van der Waals surface area contributed by atoms with Gasteiger partial charge in [0.25, 0.3) is 0 Å². The number of rotatable bonds is 3. The van der Waals surface area contributed by atoms with Crippen molar-refractivity contribution in [1.82, 2.24) is 9.97 Å².